The fourth-order valence-electron chi connectivity index (χ4n) is 2.64. The van der Waals surface area contributed by atoms with Gasteiger partial charge in [0.2, 0.25) is 10.0 Å². The van der Waals surface area contributed by atoms with E-state index in [-0.39, 0.29) is 11.7 Å². The number of hydrogen-bond acceptors (Lipinski definition) is 5. The van der Waals surface area contributed by atoms with E-state index in [1.807, 2.05) is 0 Å². The van der Waals surface area contributed by atoms with E-state index in [2.05, 4.69) is 10.0 Å². The minimum absolute atomic E-state index is 0.195. The van der Waals surface area contributed by atoms with Crippen molar-refractivity contribution in [3.05, 3.63) is 0 Å². The van der Waals surface area contributed by atoms with Gasteiger partial charge < -0.3 is 14.8 Å². The highest BCUT2D eigenvalue weighted by molar-refractivity contribution is 7.89. The van der Waals surface area contributed by atoms with E-state index in [1.54, 1.807) is 7.11 Å². The molecule has 112 valence electrons. The Labute approximate surface area is 115 Å². The standard InChI is InChI=1S/C12H24N2O4S/c1-17-12(4-6-18-10-12)9-14-19(15,16)8-11-3-2-5-13-7-11/h11,13-14H,2-10H2,1H3. The molecule has 2 unspecified atom stereocenters. The highest BCUT2D eigenvalue weighted by Crippen LogP contribution is 2.22. The van der Waals surface area contributed by atoms with E-state index in [0.29, 0.717) is 19.8 Å². The maximum absolute atomic E-state index is 12.1. The van der Waals surface area contributed by atoms with Crippen LogP contribution in [0.3, 0.4) is 0 Å². The first kappa shape index (κ1) is 15.2. The van der Waals surface area contributed by atoms with Gasteiger partial charge in [-0.2, -0.15) is 0 Å². The Balaban J connectivity index is 1.83. The number of piperidine rings is 1. The molecule has 2 aliphatic rings. The molecule has 0 spiro atoms. The molecule has 2 rings (SSSR count). The molecule has 0 aromatic rings. The molecule has 0 bridgehead atoms. The van der Waals surface area contributed by atoms with Crippen LogP contribution in [0, 0.1) is 5.92 Å². The molecule has 0 radical (unpaired) electrons. The maximum Gasteiger partial charge on any atom is 0.212 e. The molecule has 19 heavy (non-hydrogen) atoms. The number of sulfonamides is 1. The Morgan fingerprint density at radius 2 is 2.37 bits per heavy atom. The number of hydrogen-bond donors (Lipinski definition) is 2. The first-order valence-corrected chi connectivity index (χ1v) is 8.51. The topological polar surface area (TPSA) is 76.7 Å². The van der Waals surface area contributed by atoms with Crippen molar-refractivity contribution in [3.63, 3.8) is 0 Å². The summed E-state index contributed by atoms with van der Waals surface area (Å²) in [4.78, 5) is 0. The van der Waals surface area contributed by atoms with Crippen LogP contribution in [0.15, 0.2) is 0 Å². The van der Waals surface area contributed by atoms with Crippen LogP contribution in [0.4, 0.5) is 0 Å². The molecule has 2 N–H and O–H groups in total. The van der Waals surface area contributed by atoms with Gasteiger partial charge in [-0.05, 0) is 31.8 Å². The summed E-state index contributed by atoms with van der Waals surface area (Å²) in [5.74, 6) is 0.408. The lowest BCUT2D eigenvalue weighted by Crippen LogP contribution is -2.46. The third-order valence-corrected chi connectivity index (χ3v) is 5.46. The lowest BCUT2D eigenvalue weighted by atomic mass is 10.0. The van der Waals surface area contributed by atoms with Gasteiger partial charge in [0.15, 0.2) is 0 Å². The summed E-state index contributed by atoms with van der Waals surface area (Å²) in [5.41, 5.74) is -0.488. The van der Waals surface area contributed by atoms with E-state index in [9.17, 15) is 8.42 Å². The first-order valence-electron chi connectivity index (χ1n) is 6.86. The Morgan fingerprint density at radius 1 is 1.53 bits per heavy atom. The van der Waals surface area contributed by atoms with Crippen LogP contribution in [0.25, 0.3) is 0 Å². The van der Waals surface area contributed by atoms with Crippen molar-refractivity contribution in [1.29, 1.82) is 0 Å². The average molecular weight is 292 g/mol. The Kier molecular flexibility index (Phi) is 5.19. The molecule has 0 aliphatic carbocycles. The number of methoxy groups -OCH3 is 1. The molecule has 0 aromatic carbocycles. The fourth-order valence-corrected chi connectivity index (χ4v) is 4.14. The van der Waals surface area contributed by atoms with Crippen LogP contribution >= 0.6 is 0 Å². The lowest BCUT2D eigenvalue weighted by Gasteiger charge is -2.27. The van der Waals surface area contributed by atoms with Crippen LogP contribution in [-0.4, -0.2) is 59.7 Å². The summed E-state index contributed by atoms with van der Waals surface area (Å²) < 4.78 is 37.6. The molecule has 0 aromatic heterocycles. The predicted molar refractivity (Wildman–Crippen MR) is 72.6 cm³/mol. The van der Waals surface area contributed by atoms with Crippen LogP contribution in [-0.2, 0) is 19.5 Å². The van der Waals surface area contributed by atoms with Crippen molar-refractivity contribution < 1.29 is 17.9 Å². The van der Waals surface area contributed by atoms with Gasteiger partial charge in [0.05, 0.1) is 12.4 Å². The monoisotopic (exact) mass is 292 g/mol. The van der Waals surface area contributed by atoms with Gasteiger partial charge in [-0.3, -0.25) is 0 Å². The molecule has 6 nitrogen and oxygen atoms in total. The molecule has 2 saturated heterocycles. The quantitative estimate of drug-likeness (QED) is 0.703. The van der Waals surface area contributed by atoms with E-state index >= 15 is 0 Å². The Bertz CT molecular complexity index is 373. The van der Waals surface area contributed by atoms with E-state index in [4.69, 9.17) is 9.47 Å². The van der Waals surface area contributed by atoms with E-state index in [0.717, 1.165) is 32.4 Å². The normalized spacial score (nSPS) is 32.6. The molecule has 0 saturated carbocycles. The van der Waals surface area contributed by atoms with Crippen molar-refractivity contribution in [1.82, 2.24) is 10.0 Å². The number of rotatable bonds is 6. The third-order valence-electron chi connectivity index (χ3n) is 3.97. The molecule has 2 fully saturated rings. The second-order valence-corrected chi connectivity index (χ2v) is 7.36. The summed E-state index contributed by atoms with van der Waals surface area (Å²) in [6, 6.07) is 0. The fraction of sp³-hybridized carbons (Fsp3) is 1.00. The largest absolute Gasteiger partial charge is 0.378 e. The number of nitrogens with one attached hydrogen (secondary N) is 2. The molecule has 2 atom stereocenters. The van der Waals surface area contributed by atoms with Gasteiger partial charge >= 0.3 is 0 Å². The van der Waals surface area contributed by atoms with Crippen LogP contribution in [0.5, 0.6) is 0 Å². The molecule has 0 amide bonds. The van der Waals surface area contributed by atoms with Crippen molar-refractivity contribution >= 4 is 10.0 Å². The summed E-state index contributed by atoms with van der Waals surface area (Å²) in [5, 5.41) is 3.24. The van der Waals surface area contributed by atoms with Crippen LogP contribution < -0.4 is 10.0 Å². The van der Waals surface area contributed by atoms with Crippen molar-refractivity contribution in [3.8, 4) is 0 Å². The SMILES string of the molecule is COC1(CNS(=O)(=O)CC2CCCNC2)CCOC1. The lowest BCUT2D eigenvalue weighted by molar-refractivity contribution is -0.0120. The van der Waals surface area contributed by atoms with Gasteiger partial charge in [-0.25, -0.2) is 13.1 Å². The van der Waals surface area contributed by atoms with Crippen LogP contribution in [0.1, 0.15) is 19.3 Å². The Hall–Kier alpha value is -0.210. The van der Waals surface area contributed by atoms with Gasteiger partial charge in [0, 0.05) is 26.7 Å². The average Bonchev–Trinajstić information content (AvgIpc) is 2.87. The predicted octanol–water partition coefficient (Wildman–Crippen LogP) is -0.289. The molecule has 7 heteroatoms. The highest BCUT2D eigenvalue weighted by atomic mass is 32.2. The first-order chi connectivity index (χ1) is 9.05. The summed E-state index contributed by atoms with van der Waals surface area (Å²) >= 11 is 0. The van der Waals surface area contributed by atoms with Crippen molar-refractivity contribution in [2.24, 2.45) is 5.92 Å². The zero-order valence-electron chi connectivity index (χ0n) is 11.5. The minimum atomic E-state index is -3.24. The minimum Gasteiger partial charge on any atom is -0.378 e. The molecular weight excluding hydrogens is 268 g/mol. The maximum atomic E-state index is 12.1. The van der Waals surface area contributed by atoms with Crippen LogP contribution in [0.2, 0.25) is 0 Å². The zero-order valence-corrected chi connectivity index (χ0v) is 12.3. The molecule has 2 aliphatic heterocycles. The summed E-state index contributed by atoms with van der Waals surface area (Å²) in [6.45, 7) is 3.17. The summed E-state index contributed by atoms with van der Waals surface area (Å²) in [6.07, 6.45) is 2.76. The smallest absolute Gasteiger partial charge is 0.212 e. The third kappa shape index (κ3) is 4.39. The van der Waals surface area contributed by atoms with Gasteiger partial charge in [-0.15, -0.1) is 0 Å². The van der Waals surface area contributed by atoms with Gasteiger partial charge in [0.1, 0.15) is 5.60 Å². The second-order valence-electron chi connectivity index (χ2n) is 5.50. The Morgan fingerprint density at radius 3 is 2.95 bits per heavy atom. The molecule has 2 heterocycles. The molecular formula is C12H24N2O4S. The van der Waals surface area contributed by atoms with Crippen molar-refractivity contribution in [2.45, 2.75) is 24.9 Å². The van der Waals surface area contributed by atoms with Gasteiger partial charge in [-0.1, -0.05) is 0 Å². The van der Waals surface area contributed by atoms with Gasteiger partial charge in [0.25, 0.3) is 0 Å². The summed E-state index contributed by atoms with van der Waals surface area (Å²) in [7, 11) is -1.64. The van der Waals surface area contributed by atoms with E-state index in [1.165, 1.54) is 0 Å². The zero-order chi connectivity index (χ0) is 13.8. The second kappa shape index (κ2) is 6.49. The number of ether oxygens (including phenoxy) is 2. The van der Waals surface area contributed by atoms with Crippen molar-refractivity contribution in [2.75, 3.05) is 45.7 Å². The van der Waals surface area contributed by atoms with E-state index < -0.39 is 15.6 Å². The highest BCUT2D eigenvalue weighted by Gasteiger charge is 2.36.